The van der Waals surface area contributed by atoms with Crippen molar-refractivity contribution in [3.05, 3.63) is 34.9 Å². The van der Waals surface area contributed by atoms with Gasteiger partial charge in [0.15, 0.2) is 0 Å². The molecule has 2 fully saturated rings. The molecule has 2 heterocycles. The Bertz CT molecular complexity index is 616. The summed E-state index contributed by atoms with van der Waals surface area (Å²) < 4.78 is 38.4. The molecule has 138 valence electrons. The van der Waals surface area contributed by atoms with Crippen LogP contribution in [-0.4, -0.2) is 43.2 Å². The van der Waals surface area contributed by atoms with E-state index in [1.54, 1.807) is 4.90 Å². The second kappa shape index (κ2) is 7.36. The lowest BCUT2D eigenvalue weighted by Gasteiger charge is -2.33. The predicted molar refractivity (Wildman–Crippen MR) is 90.7 cm³/mol. The minimum atomic E-state index is -4.15. The number of carbonyl (C=O) groups excluding carboxylic acids is 1. The van der Waals surface area contributed by atoms with E-state index < -0.39 is 12.1 Å². The Morgan fingerprint density at radius 3 is 2.36 bits per heavy atom. The highest BCUT2D eigenvalue weighted by atomic mass is 19.4. The molecular weight excluding hydrogens is 329 g/mol. The fraction of sp³-hybridized carbons (Fsp3) is 0.632. The van der Waals surface area contributed by atoms with Crippen LogP contribution in [0.1, 0.15) is 53.1 Å². The molecule has 0 aromatic heterocycles. The number of amides is 1. The standard InChI is InChI=1S/C19H25F3N2O/c1-13-2-3-15(14-4-8-23-9-5-14)12-17(13)18(25)24-10-6-16(7-11-24)19(20,21)22/h2-3,12,14,16,23H,4-11H2,1H3. The molecule has 0 bridgehead atoms. The van der Waals surface area contributed by atoms with Gasteiger partial charge in [-0.1, -0.05) is 12.1 Å². The van der Waals surface area contributed by atoms with Crippen molar-refractivity contribution < 1.29 is 18.0 Å². The maximum atomic E-state index is 12.8. The summed E-state index contributed by atoms with van der Waals surface area (Å²) in [6, 6.07) is 6.01. The molecule has 1 aromatic carbocycles. The summed E-state index contributed by atoms with van der Waals surface area (Å²) in [5.41, 5.74) is 2.70. The van der Waals surface area contributed by atoms with E-state index in [0.29, 0.717) is 11.5 Å². The number of likely N-dealkylation sites (tertiary alicyclic amines) is 1. The van der Waals surface area contributed by atoms with Crippen molar-refractivity contribution in [1.82, 2.24) is 10.2 Å². The largest absolute Gasteiger partial charge is 0.391 e. The Morgan fingerprint density at radius 1 is 1.12 bits per heavy atom. The zero-order valence-corrected chi connectivity index (χ0v) is 14.5. The number of alkyl halides is 3. The molecule has 6 heteroatoms. The van der Waals surface area contributed by atoms with Crippen LogP contribution in [0.15, 0.2) is 18.2 Å². The predicted octanol–water partition coefficient (Wildman–Crippen LogP) is 3.88. The summed E-state index contributed by atoms with van der Waals surface area (Å²) in [4.78, 5) is 14.4. The molecule has 1 N–H and O–H groups in total. The molecule has 0 spiro atoms. The Balaban J connectivity index is 1.71. The van der Waals surface area contributed by atoms with Crippen molar-refractivity contribution in [2.45, 2.75) is 44.7 Å². The van der Waals surface area contributed by atoms with Crippen LogP contribution in [0.25, 0.3) is 0 Å². The second-order valence-electron chi connectivity index (χ2n) is 7.21. The highest BCUT2D eigenvalue weighted by Gasteiger charge is 2.41. The van der Waals surface area contributed by atoms with Crippen LogP contribution >= 0.6 is 0 Å². The lowest BCUT2D eigenvalue weighted by Crippen LogP contribution is -2.42. The molecule has 0 radical (unpaired) electrons. The third-order valence-corrected chi connectivity index (χ3v) is 5.55. The van der Waals surface area contributed by atoms with E-state index in [4.69, 9.17) is 0 Å². The van der Waals surface area contributed by atoms with Crippen molar-refractivity contribution in [2.24, 2.45) is 5.92 Å². The van der Waals surface area contributed by atoms with E-state index in [1.807, 2.05) is 19.1 Å². The Morgan fingerprint density at radius 2 is 1.76 bits per heavy atom. The molecule has 1 aromatic rings. The van der Waals surface area contributed by atoms with E-state index in [9.17, 15) is 18.0 Å². The smallest absolute Gasteiger partial charge is 0.339 e. The van der Waals surface area contributed by atoms with E-state index in [1.165, 1.54) is 5.56 Å². The van der Waals surface area contributed by atoms with Gasteiger partial charge < -0.3 is 10.2 Å². The van der Waals surface area contributed by atoms with Crippen LogP contribution < -0.4 is 5.32 Å². The van der Waals surface area contributed by atoms with Gasteiger partial charge in [0.25, 0.3) is 5.91 Å². The van der Waals surface area contributed by atoms with Crippen LogP contribution in [0.3, 0.4) is 0 Å². The lowest BCUT2D eigenvalue weighted by molar-refractivity contribution is -0.183. The first-order chi connectivity index (χ1) is 11.9. The molecule has 0 aliphatic carbocycles. The number of piperidine rings is 2. The summed E-state index contributed by atoms with van der Waals surface area (Å²) in [6.45, 7) is 4.21. The summed E-state index contributed by atoms with van der Waals surface area (Å²) in [7, 11) is 0. The van der Waals surface area contributed by atoms with Gasteiger partial charge in [-0.25, -0.2) is 0 Å². The average Bonchev–Trinajstić information content (AvgIpc) is 2.62. The fourth-order valence-electron chi connectivity index (χ4n) is 3.86. The highest BCUT2D eigenvalue weighted by molar-refractivity contribution is 5.96. The van der Waals surface area contributed by atoms with Gasteiger partial charge in [0, 0.05) is 18.7 Å². The van der Waals surface area contributed by atoms with E-state index in [2.05, 4.69) is 11.4 Å². The number of benzene rings is 1. The summed E-state index contributed by atoms with van der Waals surface area (Å²) in [5.74, 6) is -0.961. The summed E-state index contributed by atoms with van der Waals surface area (Å²) in [6.07, 6.45) is -2.05. The van der Waals surface area contributed by atoms with Gasteiger partial charge >= 0.3 is 6.18 Å². The monoisotopic (exact) mass is 354 g/mol. The zero-order chi connectivity index (χ0) is 18.0. The van der Waals surface area contributed by atoms with Crippen molar-refractivity contribution in [3.8, 4) is 0 Å². The van der Waals surface area contributed by atoms with Gasteiger partial charge in [0.05, 0.1) is 5.92 Å². The number of aryl methyl sites for hydroxylation is 1. The Labute approximate surface area is 146 Å². The van der Waals surface area contributed by atoms with Gasteiger partial charge in [-0.05, 0) is 68.8 Å². The van der Waals surface area contributed by atoms with Crippen LogP contribution in [0.5, 0.6) is 0 Å². The topological polar surface area (TPSA) is 32.3 Å². The van der Waals surface area contributed by atoms with E-state index in [0.717, 1.165) is 31.5 Å². The number of halogens is 3. The SMILES string of the molecule is Cc1ccc(C2CCNCC2)cc1C(=O)N1CCC(C(F)(F)F)CC1. The molecule has 2 aliphatic rings. The van der Waals surface area contributed by atoms with Crippen LogP contribution in [0.4, 0.5) is 13.2 Å². The van der Waals surface area contributed by atoms with Gasteiger partial charge in [-0.15, -0.1) is 0 Å². The second-order valence-corrected chi connectivity index (χ2v) is 7.21. The van der Waals surface area contributed by atoms with Crippen molar-refractivity contribution in [3.63, 3.8) is 0 Å². The Kier molecular flexibility index (Phi) is 5.37. The molecule has 0 unspecified atom stereocenters. The van der Waals surface area contributed by atoms with E-state index >= 15 is 0 Å². The third-order valence-electron chi connectivity index (χ3n) is 5.55. The van der Waals surface area contributed by atoms with Gasteiger partial charge in [-0.3, -0.25) is 4.79 Å². The first kappa shape index (κ1) is 18.2. The fourth-order valence-corrected chi connectivity index (χ4v) is 3.86. The van der Waals surface area contributed by atoms with Gasteiger partial charge in [0.1, 0.15) is 0 Å². The Hall–Kier alpha value is -1.56. The first-order valence-electron chi connectivity index (χ1n) is 9.03. The van der Waals surface area contributed by atoms with Gasteiger partial charge in [0.2, 0.25) is 0 Å². The molecule has 0 atom stereocenters. The van der Waals surface area contributed by atoms with Crippen molar-refractivity contribution in [2.75, 3.05) is 26.2 Å². The maximum Gasteiger partial charge on any atom is 0.391 e. The molecule has 3 nitrogen and oxygen atoms in total. The van der Waals surface area contributed by atoms with Crippen LogP contribution in [0, 0.1) is 12.8 Å². The normalized spacial score (nSPS) is 20.7. The summed E-state index contributed by atoms with van der Waals surface area (Å²) in [5, 5.41) is 3.33. The minimum absolute atomic E-state index is 0.00225. The van der Waals surface area contributed by atoms with Crippen LogP contribution in [0.2, 0.25) is 0 Å². The minimum Gasteiger partial charge on any atom is -0.339 e. The third kappa shape index (κ3) is 4.17. The van der Waals surface area contributed by atoms with Gasteiger partial charge in [-0.2, -0.15) is 13.2 Å². The zero-order valence-electron chi connectivity index (χ0n) is 14.5. The molecule has 1 amide bonds. The number of carbonyl (C=O) groups is 1. The first-order valence-corrected chi connectivity index (χ1v) is 9.03. The maximum absolute atomic E-state index is 12.8. The lowest BCUT2D eigenvalue weighted by atomic mass is 9.88. The molecule has 25 heavy (non-hydrogen) atoms. The molecule has 2 aliphatic heterocycles. The van der Waals surface area contributed by atoms with E-state index in [-0.39, 0.29) is 31.8 Å². The highest BCUT2D eigenvalue weighted by Crippen LogP contribution is 2.35. The molecular formula is C19H25F3N2O. The average molecular weight is 354 g/mol. The molecule has 3 rings (SSSR count). The van der Waals surface area contributed by atoms with Crippen molar-refractivity contribution >= 4 is 5.91 Å². The number of hydrogen-bond donors (Lipinski definition) is 1. The number of nitrogens with one attached hydrogen (secondary N) is 1. The quantitative estimate of drug-likeness (QED) is 0.874. The van der Waals surface area contributed by atoms with Crippen LogP contribution in [-0.2, 0) is 0 Å². The number of hydrogen-bond acceptors (Lipinski definition) is 2. The summed E-state index contributed by atoms with van der Waals surface area (Å²) >= 11 is 0. The number of nitrogens with zero attached hydrogens (tertiary/aromatic N) is 1. The molecule has 2 saturated heterocycles. The molecule has 0 saturated carbocycles. The number of rotatable bonds is 2. The van der Waals surface area contributed by atoms with Crippen molar-refractivity contribution in [1.29, 1.82) is 0 Å².